The van der Waals surface area contributed by atoms with Gasteiger partial charge in [0.15, 0.2) is 0 Å². The van der Waals surface area contributed by atoms with Crippen molar-refractivity contribution in [1.82, 2.24) is 10.3 Å². The maximum atomic E-state index is 12.0. The number of nitrogens with zero attached hydrogens (tertiary/aromatic N) is 1. The lowest BCUT2D eigenvalue weighted by molar-refractivity contribution is 0.0921. The first-order chi connectivity index (χ1) is 8.56. The highest BCUT2D eigenvalue weighted by atomic mass is 35.5. The van der Waals surface area contributed by atoms with Gasteiger partial charge in [-0.1, -0.05) is 43.0 Å². The summed E-state index contributed by atoms with van der Waals surface area (Å²) in [7, 11) is 0. The molecule has 5 heteroatoms. The smallest absolute Gasteiger partial charge is 0.253 e. The first-order valence-electron chi connectivity index (χ1n) is 6.18. The monoisotopic (exact) mass is 286 g/mol. The molecule has 98 valence electrons. The number of nitrogens with one attached hydrogen (secondary N) is 1. The van der Waals surface area contributed by atoms with Gasteiger partial charge in [0.05, 0.1) is 10.6 Å². The zero-order chi connectivity index (χ0) is 13.1. The Balaban J connectivity index is 2.00. The molecule has 1 saturated carbocycles. The molecule has 0 bridgehead atoms. The molecular formula is C13H16Cl2N2O. The quantitative estimate of drug-likeness (QED) is 0.843. The van der Waals surface area contributed by atoms with Crippen LogP contribution in [0.15, 0.2) is 12.3 Å². The Bertz CT molecular complexity index is 451. The normalized spacial score (nSPS) is 23.7. The third-order valence-corrected chi connectivity index (χ3v) is 4.02. The molecule has 0 aliphatic heterocycles. The molecule has 2 rings (SSSR count). The fourth-order valence-electron chi connectivity index (χ4n) is 2.38. The van der Waals surface area contributed by atoms with Crippen molar-refractivity contribution in [1.29, 1.82) is 0 Å². The first kappa shape index (κ1) is 13.6. The Morgan fingerprint density at radius 3 is 2.89 bits per heavy atom. The SMILES string of the molecule is C[C@@H]1CCC[C@@H](NC(=O)c2cnc(Cl)c(Cl)c2)C1. The zero-order valence-corrected chi connectivity index (χ0v) is 11.8. The average molecular weight is 287 g/mol. The van der Waals surface area contributed by atoms with E-state index in [1.54, 1.807) is 6.07 Å². The summed E-state index contributed by atoms with van der Waals surface area (Å²) in [6.45, 7) is 2.22. The van der Waals surface area contributed by atoms with E-state index in [-0.39, 0.29) is 17.1 Å². The summed E-state index contributed by atoms with van der Waals surface area (Å²) in [4.78, 5) is 15.9. The molecule has 2 atom stereocenters. The van der Waals surface area contributed by atoms with Gasteiger partial charge in [-0.3, -0.25) is 4.79 Å². The average Bonchev–Trinajstić information content (AvgIpc) is 2.32. The summed E-state index contributed by atoms with van der Waals surface area (Å²) in [5.41, 5.74) is 0.461. The summed E-state index contributed by atoms with van der Waals surface area (Å²) in [6.07, 6.45) is 5.97. The fourth-order valence-corrected chi connectivity index (χ4v) is 2.65. The number of pyridine rings is 1. The Morgan fingerprint density at radius 2 is 2.22 bits per heavy atom. The molecule has 1 fully saturated rings. The third-order valence-electron chi connectivity index (χ3n) is 3.33. The predicted molar refractivity (Wildman–Crippen MR) is 73.1 cm³/mol. The van der Waals surface area contributed by atoms with Crippen LogP contribution in [0.5, 0.6) is 0 Å². The molecule has 1 heterocycles. The summed E-state index contributed by atoms with van der Waals surface area (Å²) in [6, 6.07) is 1.81. The Kier molecular flexibility index (Phi) is 4.46. The summed E-state index contributed by atoms with van der Waals surface area (Å²) < 4.78 is 0. The lowest BCUT2D eigenvalue weighted by atomic mass is 9.87. The predicted octanol–water partition coefficient (Wildman–Crippen LogP) is 3.70. The van der Waals surface area contributed by atoms with Gasteiger partial charge in [-0.2, -0.15) is 0 Å². The highest BCUT2D eigenvalue weighted by Crippen LogP contribution is 2.24. The zero-order valence-electron chi connectivity index (χ0n) is 10.2. The van der Waals surface area contributed by atoms with E-state index in [0.29, 0.717) is 16.5 Å². The molecule has 0 aromatic carbocycles. The summed E-state index contributed by atoms with van der Waals surface area (Å²) in [5.74, 6) is 0.552. The van der Waals surface area contributed by atoms with Crippen LogP contribution in [-0.4, -0.2) is 16.9 Å². The van der Waals surface area contributed by atoms with Gasteiger partial charge in [0.1, 0.15) is 5.15 Å². The van der Waals surface area contributed by atoms with E-state index < -0.39 is 0 Å². The minimum absolute atomic E-state index is 0.125. The van der Waals surface area contributed by atoms with E-state index in [4.69, 9.17) is 23.2 Å². The molecule has 1 aromatic rings. The van der Waals surface area contributed by atoms with Crippen LogP contribution in [0, 0.1) is 5.92 Å². The maximum absolute atomic E-state index is 12.0. The first-order valence-corrected chi connectivity index (χ1v) is 6.93. The van der Waals surface area contributed by atoms with Crippen LogP contribution in [0.25, 0.3) is 0 Å². The van der Waals surface area contributed by atoms with Crippen molar-refractivity contribution in [2.24, 2.45) is 5.92 Å². The number of carbonyl (C=O) groups excluding carboxylic acids is 1. The van der Waals surface area contributed by atoms with Crippen molar-refractivity contribution in [2.75, 3.05) is 0 Å². The molecule has 18 heavy (non-hydrogen) atoms. The van der Waals surface area contributed by atoms with Crippen molar-refractivity contribution in [2.45, 2.75) is 38.6 Å². The van der Waals surface area contributed by atoms with Gasteiger partial charge >= 0.3 is 0 Å². The Hall–Kier alpha value is -0.800. The highest BCUT2D eigenvalue weighted by molar-refractivity contribution is 6.41. The molecule has 0 unspecified atom stereocenters. The van der Waals surface area contributed by atoms with Gasteiger partial charge in [-0.25, -0.2) is 4.98 Å². The van der Waals surface area contributed by atoms with E-state index >= 15 is 0 Å². The number of halogens is 2. The number of rotatable bonds is 2. The number of carbonyl (C=O) groups is 1. The van der Waals surface area contributed by atoms with Gasteiger partial charge in [0.25, 0.3) is 5.91 Å². The van der Waals surface area contributed by atoms with Crippen molar-refractivity contribution in [3.05, 3.63) is 28.0 Å². The van der Waals surface area contributed by atoms with E-state index in [9.17, 15) is 4.79 Å². The van der Waals surface area contributed by atoms with Crippen LogP contribution in [0.2, 0.25) is 10.2 Å². The second-order valence-electron chi connectivity index (χ2n) is 4.94. The largest absolute Gasteiger partial charge is 0.349 e. The van der Waals surface area contributed by atoms with Gasteiger partial charge in [0, 0.05) is 12.2 Å². The Labute approximate surface area is 117 Å². The van der Waals surface area contributed by atoms with Crippen molar-refractivity contribution >= 4 is 29.1 Å². The van der Waals surface area contributed by atoms with Gasteiger partial charge in [0.2, 0.25) is 0 Å². The minimum atomic E-state index is -0.125. The minimum Gasteiger partial charge on any atom is -0.349 e. The van der Waals surface area contributed by atoms with Crippen LogP contribution in [0.3, 0.4) is 0 Å². The van der Waals surface area contributed by atoms with Crippen molar-refractivity contribution in [3.8, 4) is 0 Å². The van der Waals surface area contributed by atoms with E-state index in [1.807, 2.05) is 0 Å². The van der Waals surface area contributed by atoms with E-state index in [1.165, 1.54) is 19.0 Å². The molecule has 1 N–H and O–H groups in total. The number of amides is 1. The third kappa shape index (κ3) is 3.36. The van der Waals surface area contributed by atoms with Crippen LogP contribution in [-0.2, 0) is 0 Å². The molecule has 1 aromatic heterocycles. The van der Waals surface area contributed by atoms with Crippen LogP contribution >= 0.6 is 23.2 Å². The maximum Gasteiger partial charge on any atom is 0.253 e. The van der Waals surface area contributed by atoms with Crippen LogP contribution < -0.4 is 5.32 Å². The molecule has 1 aliphatic rings. The van der Waals surface area contributed by atoms with E-state index in [2.05, 4.69) is 17.2 Å². The highest BCUT2D eigenvalue weighted by Gasteiger charge is 2.21. The summed E-state index contributed by atoms with van der Waals surface area (Å²) >= 11 is 11.6. The van der Waals surface area contributed by atoms with E-state index in [0.717, 1.165) is 12.8 Å². The van der Waals surface area contributed by atoms with Crippen LogP contribution in [0.4, 0.5) is 0 Å². The van der Waals surface area contributed by atoms with Crippen LogP contribution in [0.1, 0.15) is 43.0 Å². The molecule has 1 aliphatic carbocycles. The number of aromatic nitrogens is 1. The van der Waals surface area contributed by atoms with Gasteiger partial charge in [-0.15, -0.1) is 0 Å². The molecule has 0 radical (unpaired) electrons. The number of hydrogen-bond donors (Lipinski definition) is 1. The second kappa shape index (κ2) is 5.89. The standard InChI is InChI=1S/C13H16Cl2N2O/c1-8-3-2-4-10(5-8)17-13(18)9-6-11(14)12(15)16-7-9/h6-8,10H,2-5H2,1H3,(H,17,18)/t8-,10-/m1/s1. The Morgan fingerprint density at radius 1 is 1.44 bits per heavy atom. The van der Waals surface area contributed by atoms with Crippen molar-refractivity contribution in [3.63, 3.8) is 0 Å². The molecular weight excluding hydrogens is 271 g/mol. The van der Waals surface area contributed by atoms with Crippen molar-refractivity contribution < 1.29 is 4.79 Å². The second-order valence-corrected chi connectivity index (χ2v) is 5.70. The van der Waals surface area contributed by atoms with Gasteiger partial charge < -0.3 is 5.32 Å². The lowest BCUT2D eigenvalue weighted by Crippen LogP contribution is -2.38. The lowest BCUT2D eigenvalue weighted by Gasteiger charge is -2.27. The molecule has 0 saturated heterocycles. The fraction of sp³-hybridized carbons (Fsp3) is 0.538. The molecule has 1 amide bonds. The topological polar surface area (TPSA) is 42.0 Å². The summed E-state index contributed by atoms with van der Waals surface area (Å²) in [5, 5.41) is 3.56. The number of hydrogen-bond acceptors (Lipinski definition) is 2. The molecule has 3 nitrogen and oxygen atoms in total. The molecule has 0 spiro atoms. The van der Waals surface area contributed by atoms with Gasteiger partial charge in [-0.05, 0) is 24.8 Å².